The van der Waals surface area contributed by atoms with Crippen LogP contribution in [-0.2, 0) is 24.2 Å². The molecule has 1 unspecified atom stereocenters. The molecule has 1 aliphatic heterocycles. The minimum atomic E-state index is 0.0102. The van der Waals surface area contributed by atoms with Crippen molar-refractivity contribution in [3.63, 3.8) is 0 Å². The van der Waals surface area contributed by atoms with Crippen molar-refractivity contribution < 1.29 is 4.74 Å². The van der Waals surface area contributed by atoms with Crippen LogP contribution in [0.15, 0.2) is 4.79 Å². The van der Waals surface area contributed by atoms with Gasteiger partial charge in [0.2, 0.25) is 0 Å². The second-order valence-electron chi connectivity index (χ2n) is 4.43. The summed E-state index contributed by atoms with van der Waals surface area (Å²) in [6.07, 6.45) is 3.12. The summed E-state index contributed by atoms with van der Waals surface area (Å²) in [5.41, 5.74) is 0.0102. The molecule has 0 amide bonds. The zero-order valence-electron chi connectivity index (χ0n) is 10.5. The minimum absolute atomic E-state index is 0.0102. The van der Waals surface area contributed by atoms with Gasteiger partial charge in [0, 0.05) is 20.1 Å². The summed E-state index contributed by atoms with van der Waals surface area (Å²) in [5.74, 6) is 0.925. The van der Waals surface area contributed by atoms with E-state index in [1.54, 1.807) is 16.4 Å². The zero-order valence-corrected chi connectivity index (χ0v) is 10.5. The van der Waals surface area contributed by atoms with Crippen LogP contribution in [0.5, 0.6) is 0 Å². The van der Waals surface area contributed by atoms with Gasteiger partial charge in [-0.2, -0.15) is 5.10 Å². The minimum Gasteiger partial charge on any atom is -0.383 e. The van der Waals surface area contributed by atoms with E-state index in [1.165, 1.54) is 0 Å². The number of rotatable bonds is 5. The third kappa shape index (κ3) is 2.58. The number of aromatic nitrogens is 3. The molecule has 1 aromatic heterocycles. The largest absolute Gasteiger partial charge is 0.383 e. The molecule has 17 heavy (non-hydrogen) atoms. The van der Waals surface area contributed by atoms with Gasteiger partial charge in [0.1, 0.15) is 5.82 Å². The summed E-state index contributed by atoms with van der Waals surface area (Å²) >= 11 is 0. The molecule has 0 fully saturated rings. The van der Waals surface area contributed by atoms with Crippen LogP contribution in [0.2, 0.25) is 0 Å². The van der Waals surface area contributed by atoms with Gasteiger partial charge in [-0.1, -0.05) is 0 Å². The molecule has 1 aromatic rings. The van der Waals surface area contributed by atoms with E-state index < -0.39 is 0 Å². The predicted molar refractivity (Wildman–Crippen MR) is 64.1 cm³/mol. The highest BCUT2D eigenvalue weighted by molar-refractivity contribution is 4.91. The van der Waals surface area contributed by atoms with Crippen LogP contribution in [0, 0.1) is 0 Å². The molecule has 0 saturated heterocycles. The SMILES string of the molecule is CNC(COC)Cn1nc2n(c1=O)CCCC2. The maximum atomic E-state index is 12.1. The first-order chi connectivity index (χ1) is 8.26. The molecule has 0 saturated carbocycles. The highest BCUT2D eigenvalue weighted by Gasteiger charge is 2.18. The summed E-state index contributed by atoms with van der Waals surface area (Å²) in [6, 6.07) is 0.120. The van der Waals surface area contributed by atoms with Gasteiger partial charge < -0.3 is 10.1 Å². The molecular formula is C11H20N4O2. The van der Waals surface area contributed by atoms with E-state index in [4.69, 9.17) is 4.74 Å². The summed E-state index contributed by atoms with van der Waals surface area (Å²) in [7, 11) is 3.52. The van der Waals surface area contributed by atoms with Crippen LogP contribution in [0.3, 0.4) is 0 Å². The number of aryl methyl sites for hydroxylation is 1. The van der Waals surface area contributed by atoms with Crippen molar-refractivity contribution >= 4 is 0 Å². The van der Waals surface area contributed by atoms with Crippen LogP contribution in [-0.4, -0.2) is 41.2 Å². The quantitative estimate of drug-likeness (QED) is 0.762. The van der Waals surface area contributed by atoms with Crippen molar-refractivity contribution in [2.45, 2.75) is 38.4 Å². The Hall–Kier alpha value is -1.14. The molecule has 6 nitrogen and oxygen atoms in total. The highest BCUT2D eigenvalue weighted by Crippen LogP contribution is 2.09. The molecule has 0 radical (unpaired) electrons. The van der Waals surface area contributed by atoms with E-state index in [9.17, 15) is 4.79 Å². The Balaban J connectivity index is 2.16. The Labute approximate surface area is 101 Å². The third-order valence-corrected chi connectivity index (χ3v) is 3.20. The molecule has 1 N–H and O–H groups in total. The molecule has 2 rings (SSSR count). The van der Waals surface area contributed by atoms with Gasteiger partial charge in [0.15, 0.2) is 0 Å². The second kappa shape index (κ2) is 5.46. The van der Waals surface area contributed by atoms with Gasteiger partial charge in [-0.05, 0) is 19.9 Å². The molecule has 0 aliphatic carbocycles. The maximum absolute atomic E-state index is 12.1. The molecule has 96 valence electrons. The summed E-state index contributed by atoms with van der Waals surface area (Å²) in [6.45, 7) is 1.94. The van der Waals surface area contributed by atoms with E-state index in [2.05, 4.69) is 10.4 Å². The number of methoxy groups -OCH3 is 1. The van der Waals surface area contributed by atoms with Crippen LogP contribution in [0.4, 0.5) is 0 Å². The molecule has 0 aromatic carbocycles. The first-order valence-corrected chi connectivity index (χ1v) is 6.09. The van der Waals surface area contributed by atoms with Crippen molar-refractivity contribution in [2.75, 3.05) is 20.8 Å². The lowest BCUT2D eigenvalue weighted by atomic mass is 10.2. The van der Waals surface area contributed by atoms with Crippen molar-refractivity contribution in [2.24, 2.45) is 0 Å². The Morgan fingerprint density at radius 2 is 2.35 bits per heavy atom. The molecular weight excluding hydrogens is 220 g/mol. The summed E-state index contributed by atoms with van der Waals surface area (Å²) in [5, 5.41) is 7.52. The number of nitrogens with one attached hydrogen (secondary N) is 1. The van der Waals surface area contributed by atoms with E-state index in [0.29, 0.717) is 13.2 Å². The Morgan fingerprint density at radius 1 is 1.53 bits per heavy atom. The second-order valence-corrected chi connectivity index (χ2v) is 4.43. The number of hydrogen-bond acceptors (Lipinski definition) is 4. The Morgan fingerprint density at radius 3 is 3.00 bits per heavy atom. The molecule has 2 heterocycles. The molecule has 0 bridgehead atoms. The van der Waals surface area contributed by atoms with Crippen molar-refractivity contribution in [3.05, 3.63) is 16.3 Å². The van der Waals surface area contributed by atoms with Crippen LogP contribution < -0.4 is 11.0 Å². The Bertz CT molecular complexity index is 424. The number of hydrogen-bond donors (Lipinski definition) is 1. The highest BCUT2D eigenvalue weighted by atomic mass is 16.5. The topological polar surface area (TPSA) is 61.1 Å². The van der Waals surface area contributed by atoms with E-state index in [-0.39, 0.29) is 11.7 Å². The van der Waals surface area contributed by atoms with Crippen molar-refractivity contribution in [3.8, 4) is 0 Å². The monoisotopic (exact) mass is 240 g/mol. The third-order valence-electron chi connectivity index (χ3n) is 3.20. The average molecular weight is 240 g/mol. The number of ether oxygens (including phenoxy) is 1. The molecule has 1 aliphatic rings. The summed E-state index contributed by atoms with van der Waals surface area (Å²) < 4.78 is 8.45. The fraction of sp³-hybridized carbons (Fsp3) is 0.818. The number of nitrogens with zero attached hydrogens (tertiary/aromatic N) is 3. The van der Waals surface area contributed by atoms with Gasteiger partial charge >= 0.3 is 5.69 Å². The molecule has 1 atom stereocenters. The van der Waals surface area contributed by atoms with Crippen LogP contribution in [0.1, 0.15) is 18.7 Å². The molecule has 0 spiro atoms. The fourth-order valence-corrected chi connectivity index (χ4v) is 2.20. The van der Waals surface area contributed by atoms with Gasteiger partial charge in [0.05, 0.1) is 19.2 Å². The predicted octanol–water partition coefficient (Wildman–Crippen LogP) is -0.384. The first-order valence-electron chi connectivity index (χ1n) is 6.09. The average Bonchev–Trinajstić information content (AvgIpc) is 2.66. The maximum Gasteiger partial charge on any atom is 0.345 e. The van der Waals surface area contributed by atoms with Gasteiger partial charge in [-0.3, -0.25) is 4.57 Å². The first kappa shape index (κ1) is 12.3. The zero-order chi connectivity index (χ0) is 12.3. The van der Waals surface area contributed by atoms with Crippen LogP contribution >= 0.6 is 0 Å². The smallest absolute Gasteiger partial charge is 0.345 e. The normalized spacial score (nSPS) is 16.8. The van der Waals surface area contributed by atoms with Gasteiger partial charge in [0.25, 0.3) is 0 Å². The standard InChI is InChI=1S/C11H20N4O2/c1-12-9(8-17-2)7-15-11(16)14-6-4-3-5-10(14)13-15/h9,12H,3-8H2,1-2H3. The van der Waals surface area contributed by atoms with Crippen molar-refractivity contribution in [1.29, 1.82) is 0 Å². The lowest BCUT2D eigenvalue weighted by Gasteiger charge is -2.13. The van der Waals surface area contributed by atoms with Crippen LogP contribution in [0.25, 0.3) is 0 Å². The van der Waals surface area contributed by atoms with Gasteiger partial charge in [-0.15, -0.1) is 0 Å². The van der Waals surface area contributed by atoms with Gasteiger partial charge in [-0.25, -0.2) is 9.48 Å². The van der Waals surface area contributed by atoms with E-state index in [1.807, 2.05) is 7.05 Å². The Kier molecular flexibility index (Phi) is 3.96. The van der Waals surface area contributed by atoms with E-state index in [0.717, 1.165) is 31.6 Å². The summed E-state index contributed by atoms with van der Waals surface area (Å²) in [4.78, 5) is 12.1. The van der Waals surface area contributed by atoms with E-state index >= 15 is 0 Å². The fourth-order valence-electron chi connectivity index (χ4n) is 2.20. The number of likely N-dealkylation sites (N-methyl/N-ethyl adjacent to an activating group) is 1. The lowest BCUT2D eigenvalue weighted by molar-refractivity contribution is 0.159. The number of fused-ring (bicyclic) bond motifs is 1. The van der Waals surface area contributed by atoms with Crippen molar-refractivity contribution in [1.82, 2.24) is 19.7 Å². The lowest BCUT2D eigenvalue weighted by Crippen LogP contribution is -2.38. The molecule has 6 heteroatoms.